The zero-order valence-electron chi connectivity index (χ0n) is 9.42. The number of pyridine rings is 1. The van der Waals surface area contributed by atoms with Crippen LogP contribution in [0.15, 0.2) is 12.4 Å². The summed E-state index contributed by atoms with van der Waals surface area (Å²) < 4.78 is 0.699. The molecule has 1 aromatic heterocycles. The van der Waals surface area contributed by atoms with E-state index in [0.29, 0.717) is 15.8 Å². The van der Waals surface area contributed by atoms with Crippen LogP contribution < -0.4 is 4.90 Å². The molecule has 0 aliphatic heterocycles. The molecule has 1 atom stereocenters. The van der Waals surface area contributed by atoms with Crippen molar-refractivity contribution in [2.24, 2.45) is 5.92 Å². The van der Waals surface area contributed by atoms with E-state index in [4.69, 9.17) is 5.26 Å². The molecule has 0 aliphatic rings. The second-order valence-corrected chi connectivity index (χ2v) is 4.82. The summed E-state index contributed by atoms with van der Waals surface area (Å²) in [6.07, 6.45) is 2.79. The van der Waals surface area contributed by atoms with Gasteiger partial charge in [-0.25, -0.2) is 0 Å². The second kappa shape index (κ2) is 5.77. The predicted octanol–water partition coefficient (Wildman–Crippen LogP) is 2.19. The zero-order chi connectivity index (χ0) is 13.0. The third kappa shape index (κ3) is 3.26. The molecule has 17 heavy (non-hydrogen) atoms. The summed E-state index contributed by atoms with van der Waals surface area (Å²) in [6.45, 7) is 2.22. The third-order valence-corrected chi connectivity index (χ3v) is 2.99. The van der Waals surface area contributed by atoms with E-state index in [1.54, 1.807) is 25.1 Å². The first kappa shape index (κ1) is 13.6. The van der Waals surface area contributed by atoms with Gasteiger partial charge in [0.2, 0.25) is 0 Å². The molecule has 6 nitrogen and oxygen atoms in total. The first-order valence-corrected chi connectivity index (χ1v) is 5.94. The Labute approximate surface area is 113 Å². The van der Waals surface area contributed by atoms with Gasteiger partial charge in [-0.3, -0.25) is 15.1 Å². The van der Waals surface area contributed by atoms with Crippen molar-refractivity contribution < 1.29 is 4.92 Å². The largest absolute Gasteiger partial charge is 0.367 e. The molecule has 0 unspecified atom stereocenters. The molecule has 0 saturated heterocycles. The van der Waals surface area contributed by atoms with Crippen LogP contribution in [-0.4, -0.2) is 23.5 Å². The fraction of sp³-hybridized carbons (Fsp3) is 0.400. The van der Waals surface area contributed by atoms with Gasteiger partial charge < -0.3 is 4.90 Å². The average molecular weight is 346 g/mol. The van der Waals surface area contributed by atoms with Crippen molar-refractivity contribution in [3.8, 4) is 6.07 Å². The highest BCUT2D eigenvalue weighted by Gasteiger charge is 2.21. The number of rotatable bonds is 4. The van der Waals surface area contributed by atoms with Gasteiger partial charge in [-0.05, 0) is 29.5 Å². The normalized spacial score (nSPS) is 11.6. The van der Waals surface area contributed by atoms with Crippen LogP contribution in [0.25, 0.3) is 0 Å². The smallest absolute Gasteiger partial charge is 0.311 e. The molecular weight excluding hydrogens is 335 g/mol. The maximum absolute atomic E-state index is 10.9. The molecule has 0 spiro atoms. The molecular formula is C10H11IN4O2. The predicted molar refractivity (Wildman–Crippen MR) is 71.7 cm³/mol. The molecule has 0 aromatic carbocycles. The van der Waals surface area contributed by atoms with Gasteiger partial charge in [0.25, 0.3) is 0 Å². The highest BCUT2D eigenvalue weighted by Crippen LogP contribution is 2.31. The highest BCUT2D eigenvalue weighted by molar-refractivity contribution is 14.1. The maximum atomic E-state index is 10.9. The van der Waals surface area contributed by atoms with Crippen LogP contribution in [-0.2, 0) is 0 Å². The maximum Gasteiger partial charge on any atom is 0.311 e. The number of nitro groups is 1. The molecule has 1 rings (SSSR count). The molecule has 0 aliphatic carbocycles. The molecule has 0 fully saturated rings. The van der Waals surface area contributed by atoms with E-state index >= 15 is 0 Å². The van der Waals surface area contributed by atoms with E-state index < -0.39 is 4.92 Å². The topological polar surface area (TPSA) is 83.1 Å². The summed E-state index contributed by atoms with van der Waals surface area (Å²) in [5.41, 5.74) is 0.470. The van der Waals surface area contributed by atoms with Crippen molar-refractivity contribution in [3.63, 3.8) is 0 Å². The van der Waals surface area contributed by atoms with E-state index in [-0.39, 0.29) is 11.6 Å². The number of hydrogen-bond acceptors (Lipinski definition) is 5. The minimum atomic E-state index is -0.460. The molecule has 1 aromatic rings. The summed E-state index contributed by atoms with van der Waals surface area (Å²) in [7, 11) is 1.73. The molecule has 7 heteroatoms. The third-order valence-electron chi connectivity index (χ3n) is 2.20. The van der Waals surface area contributed by atoms with Gasteiger partial charge in [-0.1, -0.05) is 0 Å². The Balaban J connectivity index is 3.12. The van der Waals surface area contributed by atoms with Gasteiger partial charge in [0.15, 0.2) is 0 Å². The van der Waals surface area contributed by atoms with Crippen LogP contribution in [0.4, 0.5) is 11.4 Å². The SMILES string of the molecule is C[C@H](C#N)CN(C)c1c(I)cncc1[N+](=O)[O-]. The van der Waals surface area contributed by atoms with Crippen LogP contribution in [0.3, 0.4) is 0 Å². The Kier molecular flexibility index (Phi) is 4.62. The molecule has 90 valence electrons. The van der Waals surface area contributed by atoms with Crippen molar-refractivity contribution >= 4 is 34.0 Å². The van der Waals surface area contributed by atoms with E-state index in [0.717, 1.165) is 0 Å². The quantitative estimate of drug-likeness (QED) is 0.474. The molecule has 0 radical (unpaired) electrons. The Morgan fingerprint density at radius 3 is 2.88 bits per heavy atom. The van der Waals surface area contributed by atoms with Crippen molar-refractivity contribution in [3.05, 3.63) is 26.1 Å². The zero-order valence-corrected chi connectivity index (χ0v) is 11.6. The van der Waals surface area contributed by atoms with E-state index in [9.17, 15) is 10.1 Å². The van der Waals surface area contributed by atoms with Crippen LogP contribution >= 0.6 is 22.6 Å². The first-order chi connectivity index (χ1) is 7.97. The summed E-state index contributed by atoms with van der Waals surface area (Å²) >= 11 is 2.00. The summed E-state index contributed by atoms with van der Waals surface area (Å²) in [6, 6.07) is 2.10. The lowest BCUT2D eigenvalue weighted by molar-refractivity contribution is -0.384. The van der Waals surface area contributed by atoms with Gasteiger partial charge in [-0.15, -0.1) is 0 Å². The van der Waals surface area contributed by atoms with Gasteiger partial charge in [0.1, 0.15) is 11.9 Å². The standard InChI is InChI=1S/C10H11IN4O2/c1-7(3-12)6-14(2)10-8(11)4-13-5-9(10)15(16)17/h4-5,7H,6H2,1-2H3/t7-/m1/s1. The van der Waals surface area contributed by atoms with Crippen LogP contribution in [0, 0.1) is 30.9 Å². The second-order valence-electron chi connectivity index (χ2n) is 3.66. The van der Waals surface area contributed by atoms with Crippen molar-refractivity contribution in [2.45, 2.75) is 6.92 Å². The number of hydrogen-bond donors (Lipinski definition) is 0. The Morgan fingerprint density at radius 2 is 2.35 bits per heavy atom. The molecule has 0 amide bonds. The Hall–Kier alpha value is -1.43. The van der Waals surface area contributed by atoms with Gasteiger partial charge in [-0.2, -0.15) is 5.26 Å². The molecule has 0 bridgehead atoms. The molecule has 1 heterocycles. The van der Waals surface area contributed by atoms with Crippen LogP contribution in [0.2, 0.25) is 0 Å². The Morgan fingerprint density at radius 1 is 1.71 bits per heavy atom. The van der Waals surface area contributed by atoms with Crippen molar-refractivity contribution in [1.29, 1.82) is 5.26 Å². The van der Waals surface area contributed by atoms with Crippen molar-refractivity contribution in [2.75, 3.05) is 18.5 Å². The number of nitriles is 1. The summed E-state index contributed by atoms with van der Waals surface area (Å²) in [4.78, 5) is 16.0. The number of aromatic nitrogens is 1. The average Bonchev–Trinajstić information content (AvgIpc) is 2.28. The Bertz CT molecular complexity index is 472. The fourth-order valence-electron chi connectivity index (χ4n) is 1.47. The first-order valence-electron chi connectivity index (χ1n) is 4.86. The van der Waals surface area contributed by atoms with Gasteiger partial charge >= 0.3 is 5.69 Å². The lowest BCUT2D eigenvalue weighted by Crippen LogP contribution is -2.25. The molecule has 0 N–H and O–H groups in total. The van der Waals surface area contributed by atoms with Crippen LogP contribution in [0.1, 0.15) is 6.92 Å². The minimum absolute atomic E-state index is 0.0375. The van der Waals surface area contributed by atoms with E-state index in [2.05, 4.69) is 11.1 Å². The van der Waals surface area contributed by atoms with Gasteiger partial charge in [0.05, 0.1) is 20.5 Å². The van der Waals surface area contributed by atoms with Crippen LogP contribution in [0.5, 0.6) is 0 Å². The number of nitrogens with zero attached hydrogens (tertiary/aromatic N) is 4. The van der Waals surface area contributed by atoms with Gasteiger partial charge in [0, 0.05) is 19.8 Å². The van der Waals surface area contributed by atoms with Crippen molar-refractivity contribution in [1.82, 2.24) is 4.98 Å². The van der Waals surface area contributed by atoms with E-state index in [1.165, 1.54) is 6.20 Å². The number of halogens is 1. The lowest BCUT2D eigenvalue weighted by atomic mass is 10.2. The minimum Gasteiger partial charge on any atom is -0.367 e. The fourth-order valence-corrected chi connectivity index (χ4v) is 2.32. The molecule has 0 saturated carbocycles. The highest BCUT2D eigenvalue weighted by atomic mass is 127. The summed E-state index contributed by atoms with van der Waals surface area (Å²) in [5.74, 6) is -0.191. The monoisotopic (exact) mass is 346 g/mol. The summed E-state index contributed by atoms with van der Waals surface area (Å²) in [5, 5.41) is 19.7. The lowest BCUT2D eigenvalue weighted by Gasteiger charge is -2.21. The number of anilines is 1. The van der Waals surface area contributed by atoms with E-state index in [1.807, 2.05) is 22.6 Å².